The summed E-state index contributed by atoms with van der Waals surface area (Å²) in [6.07, 6.45) is 7.41. The van der Waals surface area contributed by atoms with Crippen LogP contribution in [0.5, 0.6) is 0 Å². The summed E-state index contributed by atoms with van der Waals surface area (Å²) >= 11 is 0. The SMILES string of the molecule is O=C(c1ccccc1C(=O)N1CC2CC(C1)C1CCCC(=O)N1C2)N1CC2CC(C1)C1CCCC(=O)N1C2. The fourth-order valence-electron chi connectivity index (χ4n) is 8.75. The number of amides is 4. The van der Waals surface area contributed by atoms with Gasteiger partial charge in [-0.2, -0.15) is 0 Å². The zero-order chi connectivity index (χ0) is 26.0. The third-order valence-corrected chi connectivity index (χ3v) is 10.3. The van der Waals surface area contributed by atoms with E-state index in [2.05, 4.69) is 9.80 Å². The van der Waals surface area contributed by atoms with Crippen LogP contribution >= 0.6 is 0 Å². The lowest BCUT2D eigenvalue weighted by molar-refractivity contribution is -0.145. The molecular formula is C30H38N4O4. The topological polar surface area (TPSA) is 81.2 Å². The van der Waals surface area contributed by atoms with E-state index in [0.29, 0.717) is 73.8 Å². The quantitative estimate of drug-likeness (QED) is 0.603. The van der Waals surface area contributed by atoms with Gasteiger partial charge in [0.15, 0.2) is 0 Å². The molecule has 4 amide bonds. The molecule has 6 aliphatic heterocycles. The van der Waals surface area contributed by atoms with Gasteiger partial charge in [-0.25, -0.2) is 0 Å². The Balaban J connectivity index is 1.09. The van der Waals surface area contributed by atoms with Crippen molar-refractivity contribution < 1.29 is 19.2 Å². The molecule has 8 nitrogen and oxygen atoms in total. The van der Waals surface area contributed by atoms with Gasteiger partial charge in [0, 0.05) is 64.2 Å². The summed E-state index contributed by atoms with van der Waals surface area (Å²) < 4.78 is 0. The van der Waals surface area contributed by atoms with Gasteiger partial charge in [-0.05, 0) is 74.3 Å². The average Bonchev–Trinajstić information content (AvgIpc) is 2.93. The van der Waals surface area contributed by atoms with Gasteiger partial charge in [-0.15, -0.1) is 0 Å². The molecular weight excluding hydrogens is 480 g/mol. The lowest BCUT2D eigenvalue weighted by atomic mass is 9.75. The molecule has 6 atom stereocenters. The Kier molecular flexibility index (Phi) is 5.97. The van der Waals surface area contributed by atoms with Crippen LogP contribution in [0.1, 0.15) is 72.1 Å². The minimum absolute atomic E-state index is 0.0551. The van der Waals surface area contributed by atoms with Gasteiger partial charge in [0.1, 0.15) is 0 Å². The minimum atomic E-state index is -0.0551. The molecule has 6 unspecified atom stereocenters. The molecule has 202 valence electrons. The molecule has 38 heavy (non-hydrogen) atoms. The van der Waals surface area contributed by atoms with Crippen molar-refractivity contribution in [2.24, 2.45) is 23.7 Å². The molecule has 1 aromatic carbocycles. The third-order valence-electron chi connectivity index (χ3n) is 10.3. The molecule has 8 heteroatoms. The lowest BCUT2D eigenvalue weighted by Gasteiger charge is -2.52. The fourth-order valence-corrected chi connectivity index (χ4v) is 8.75. The van der Waals surface area contributed by atoms with Crippen LogP contribution in [-0.4, -0.2) is 94.6 Å². The Morgan fingerprint density at radius 2 is 1.08 bits per heavy atom. The summed E-state index contributed by atoms with van der Waals surface area (Å²) in [5.74, 6) is 1.70. The van der Waals surface area contributed by atoms with Crippen LogP contribution in [0.3, 0.4) is 0 Å². The summed E-state index contributed by atoms with van der Waals surface area (Å²) in [5.41, 5.74) is 0.999. The number of rotatable bonds is 2. The maximum Gasteiger partial charge on any atom is 0.254 e. The van der Waals surface area contributed by atoms with Crippen LogP contribution in [0.25, 0.3) is 0 Å². The van der Waals surface area contributed by atoms with Crippen LogP contribution < -0.4 is 0 Å². The van der Waals surface area contributed by atoms with Crippen LogP contribution in [0, 0.1) is 23.7 Å². The van der Waals surface area contributed by atoms with E-state index in [1.54, 1.807) is 0 Å². The first-order chi connectivity index (χ1) is 18.5. The predicted octanol–water partition coefficient (Wildman–Crippen LogP) is 2.63. The van der Waals surface area contributed by atoms with E-state index in [1.807, 2.05) is 34.1 Å². The number of piperidine rings is 6. The van der Waals surface area contributed by atoms with Gasteiger partial charge in [0.05, 0.1) is 11.1 Å². The van der Waals surface area contributed by atoms with Crippen molar-refractivity contribution in [3.05, 3.63) is 35.4 Å². The normalized spacial score (nSPS) is 34.5. The number of carbonyl (C=O) groups excluding carboxylic acids is 4. The molecule has 0 spiro atoms. The summed E-state index contributed by atoms with van der Waals surface area (Å²) in [7, 11) is 0. The Morgan fingerprint density at radius 3 is 1.53 bits per heavy atom. The molecule has 0 N–H and O–H groups in total. The first-order valence-corrected chi connectivity index (χ1v) is 14.7. The number of hydrogen-bond acceptors (Lipinski definition) is 4. The van der Waals surface area contributed by atoms with E-state index >= 15 is 0 Å². The van der Waals surface area contributed by atoms with E-state index in [9.17, 15) is 19.2 Å². The fraction of sp³-hybridized carbons (Fsp3) is 0.667. The molecule has 0 aliphatic carbocycles. The summed E-state index contributed by atoms with van der Waals surface area (Å²) in [6, 6.07) is 7.82. The second-order valence-corrected chi connectivity index (χ2v) is 12.7. The highest BCUT2D eigenvalue weighted by Gasteiger charge is 2.47. The van der Waals surface area contributed by atoms with Crippen molar-refractivity contribution in [2.45, 2.75) is 63.5 Å². The van der Waals surface area contributed by atoms with Crippen LogP contribution in [-0.2, 0) is 9.59 Å². The van der Waals surface area contributed by atoms with E-state index in [4.69, 9.17) is 0 Å². The van der Waals surface area contributed by atoms with E-state index in [0.717, 1.165) is 51.6 Å². The number of carbonyl (C=O) groups is 4. The average molecular weight is 519 g/mol. The van der Waals surface area contributed by atoms with Gasteiger partial charge in [0.25, 0.3) is 11.8 Å². The first kappa shape index (κ1) is 24.2. The van der Waals surface area contributed by atoms with Crippen molar-refractivity contribution in [1.29, 1.82) is 0 Å². The number of hydrogen-bond donors (Lipinski definition) is 0. The van der Waals surface area contributed by atoms with Crippen molar-refractivity contribution in [1.82, 2.24) is 19.6 Å². The lowest BCUT2D eigenvalue weighted by Crippen LogP contribution is -2.61. The second kappa shape index (κ2) is 9.38. The number of benzene rings is 1. The highest BCUT2D eigenvalue weighted by Crippen LogP contribution is 2.40. The molecule has 4 bridgehead atoms. The van der Waals surface area contributed by atoms with E-state index in [1.165, 1.54) is 0 Å². The largest absolute Gasteiger partial charge is 0.339 e. The van der Waals surface area contributed by atoms with Crippen molar-refractivity contribution in [3.8, 4) is 0 Å². The monoisotopic (exact) mass is 518 g/mol. The van der Waals surface area contributed by atoms with E-state index < -0.39 is 0 Å². The first-order valence-electron chi connectivity index (χ1n) is 14.7. The zero-order valence-corrected chi connectivity index (χ0v) is 22.1. The molecule has 1 aromatic rings. The smallest absolute Gasteiger partial charge is 0.254 e. The Hall–Kier alpha value is -2.90. The predicted molar refractivity (Wildman–Crippen MR) is 140 cm³/mol. The van der Waals surface area contributed by atoms with Gasteiger partial charge in [-0.3, -0.25) is 19.2 Å². The number of fused-ring (bicyclic) bond motifs is 8. The Bertz CT molecular complexity index is 1080. The van der Waals surface area contributed by atoms with Crippen molar-refractivity contribution in [3.63, 3.8) is 0 Å². The zero-order valence-electron chi connectivity index (χ0n) is 22.1. The maximum atomic E-state index is 13.9. The van der Waals surface area contributed by atoms with Crippen LogP contribution in [0.4, 0.5) is 0 Å². The molecule has 6 heterocycles. The third kappa shape index (κ3) is 4.02. The molecule has 0 saturated carbocycles. The Morgan fingerprint density at radius 1 is 0.632 bits per heavy atom. The molecule has 0 aromatic heterocycles. The highest BCUT2D eigenvalue weighted by atomic mass is 16.2. The van der Waals surface area contributed by atoms with Gasteiger partial charge >= 0.3 is 0 Å². The molecule has 0 radical (unpaired) electrons. The standard InChI is InChI=1S/C30H38N4O4/c35-27-9-3-7-25-21-11-19(15-33(25)27)13-31(17-21)29(37)23-5-1-2-6-24(23)30(38)32-14-20-12-22(18-32)26-8-4-10-28(36)34(26)16-20/h1-2,5-6,19-22,25-26H,3-4,7-18H2. The minimum Gasteiger partial charge on any atom is -0.339 e. The highest BCUT2D eigenvalue weighted by molar-refractivity contribution is 6.07. The molecule has 6 fully saturated rings. The Labute approximate surface area is 224 Å². The molecule has 7 rings (SSSR count). The van der Waals surface area contributed by atoms with E-state index in [-0.39, 0.29) is 35.7 Å². The number of nitrogens with zero attached hydrogens (tertiary/aromatic N) is 4. The summed E-state index contributed by atoms with van der Waals surface area (Å²) in [6.45, 7) is 4.11. The number of likely N-dealkylation sites (tertiary alicyclic amines) is 2. The van der Waals surface area contributed by atoms with Gasteiger partial charge in [0.2, 0.25) is 11.8 Å². The maximum absolute atomic E-state index is 13.9. The van der Waals surface area contributed by atoms with Gasteiger partial charge in [-0.1, -0.05) is 12.1 Å². The molecule has 6 saturated heterocycles. The summed E-state index contributed by atoms with van der Waals surface area (Å²) in [4.78, 5) is 61.0. The van der Waals surface area contributed by atoms with Gasteiger partial charge < -0.3 is 19.6 Å². The van der Waals surface area contributed by atoms with Crippen molar-refractivity contribution >= 4 is 23.6 Å². The summed E-state index contributed by atoms with van der Waals surface area (Å²) in [5, 5.41) is 0. The molecule has 6 aliphatic rings. The van der Waals surface area contributed by atoms with Crippen molar-refractivity contribution in [2.75, 3.05) is 39.3 Å². The van der Waals surface area contributed by atoms with Crippen LogP contribution in [0.2, 0.25) is 0 Å². The van der Waals surface area contributed by atoms with Crippen LogP contribution in [0.15, 0.2) is 24.3 Å². The second-order valence-electron chi connectivity index (χ2n) is 12.7.